The van der Waals surface area contributed by atoms with E-state index < -0.39 is 5.79 Å². The van der Waals surface area contributed by atoms with Gasteiger partial charge in [0.05, 0.1) is 6.61 Å². The lowest BCUT2D eigenvalue weighted by molar-refractivity contribution is -0.105. The van der Waals surface area contributed by atoms with Crippen molar-refractivity contribution in [3.8, 4) is 17.2 Å². The second-order valence-electron chi connectivity index (χ2n) is 6.75. The number of benzene rings is 2. The van der Waals surface area contributed by atoms with Crippen LogP contribution in [0.2, 0.25) is 0 Å². The normalized spacial score (nSPS) is 17.1. The smallest absolute Gasteiger partial charge is 0.255 e. The first-order valence-electron chi connectivity index (χ1n) is 9.24. The molecular weight excluding hydrogens is 330 g/mol. The molecule has 1 fully saturated rings. The number of carbonyl (C=O) groups excluding carboxylic acids is 1. The molecule has 0 unspecified atom stereocenters. The molecule has 136 valence electrons. The van der Waals surface area contributed by atoms with Crippen LogP contribution in [0.15, 0.2) is 42.5 Å². The summed E-state index contributed by atoms with van der Waals surface area (Å²) in [7, 11) is 0. The standard InChI is InChI=1S/C21H23NO4/c1-2-24-17-8-6-7-15(13-17)20(23)22-16-9-10-18-19(14-16)26-21(25-18)11-4-3-5-12-21/h6-10,13-14H,2-5,11-12H2,1H3,(H,22,23). The molecule has 2 aromatic rings. The fraction of sp³-hybridized carbons (Fsp3) is 0.381. The molecule has 1 amide bonds. The van der Waals surface area contributed by atoms with Gasteiger partial charge in [0, 0.05) is 30.2 Å². The van der Waals surface area contributed by atoms with E-state index in [9.17, 15) is 4.79 Å². The van der Waals surface area contributed by atoms with Gasteiger partial charge in [0.15, 0.2) is 11.5 Å². The van der Waals surface area contributed by atoms with Gasteiger partial charge >= 0.3 is 0 Å². The summed E-state index contributed by atoms with van der Waals surface area (Å²) >= 11 is 0. The maximum atomic E-state index is 12.5. The van der Waals surface area contributed by atoms with Gasteiger partial charge in [0.1, 0.15) is 5.75 Å². The lowest BCUT2D eigenvalue weighted by Crippen LogP contribution is -2.40. The van der Waals surface area contributed by atoms with Crippen LogP contribution >= 0.6 is 0 Å². The molecule has 0 atom stereocenters. The molecule has 1 heterocycles. The second-order valence-corrected chi connectivity index (χ2v) is 6.75. The third kappa shape index (κ3) is 3.34. The highest BCUT2D eigenvalue weighted by Crippen LogP contribution is 2.46. The molecule has 26 heavy (non-hydrogen) atoms. The van der Waals surface area contributed by atoms with Crippen molar-refractivity contribution in [2.75, 3.05) is 11.9 Å². The molecule has 1 N–H and O–H groups in total. The van der Waals surface area contributed by atoms with E-state index in [1.807, 2.05) is 37.3 Å². The first-order valence-corrected chi connectivity index (χ1v) is 9.24. The summed E-state index contributed by atoms with van der Waals surface area (Å²) in [6.45, 7) is 2.48. The van der Waals surface area contributed by atoms with Crippen molar-refractivity contribution >= 4 is 11.6 Å². The largest absolute Gasteiger partial charge is 0.494 e. The molecule has 1 aliphatic heterocycles. The monoisotopic (exact) mass is 353 g/mol. The van der Waals surface area contributed by atoms with Crippen molar-refractivity contribution in [2.45, 2.75) is 44.8 Å². The summed E-state index contributed by atoms with van der Waals surface area (Å²) in [5.41, 5.74) is 1.24. The third-order valence-corrected chi connectivity index (χ3v) is 4.82. The van der Waals surface area contributed by atoms with Gasteiger partial charge in [-0.15, -0.1) is 0 Å². The van der Waals surface area contributed by atoms with E-state index in [1.54, 1.807) is 12.1 Å². The van der Waals surface area contributed by atoms with Crippen LogP contribution in [0, 0.1) is 0 Å². The van der Waals surface area contributed by atoms with Crippen LogP contribution in [0.3, 0.4) is 0 Å². The Morgan fingerprint density at radius 2 is 1.88 bits per heavy atom. The summed E-state index contributed by atoms with van der Waals surface area (Å²) in [6, 6.07) is 12.7. The van der Waals surface area contributed by atoms with Gasteiger partial charge in [-0.2, -0.15) is 0 Å². The molecule has 1 aliphatic carbocycles. The van der Waals surface area contributed by atoms with E-state index in [-0.39, 0.29) is 5.91 Å². The lowest BCUT2D eigenvalue weighted by atomic mass is 9.94. The minimum atomic E-state index is -0.505. The van der Waals surface area contributed by atoms with Gasteiger partial charge in [0.2, 0.25) is 0 Å². The molecule has 0 saturated heterocycles. The van der Waals surface area contributed by atoms with Crippen LogP contribution in [0.25, 0.3) is 0 Å². The van der Waals surface area contributed by atoms with Crippen molar-refractivity contribution in [1.29, 1.82) is 0 Å². The minimum absolute atomic E-state index is 0.183. The second kappa shape index (κ2) is 6.90. The molecule has 0 radical (unpaired) electrons. The Labute approximate surface area is 153 Å². The average Bonchev–Trinajstić information content (AvgIpc) is 2.99. The van der Waals surface area contributed by atoms with Crippen molar-refractivity contribution in [3.05, 3.63) is 48.0 Å². The third-order valence-electron chi connectivity index (χ3n) is 4.82. The van der Waals surface area contributed by atoms with Crippen LogP contribution < -0.4 is 19.5 Å². The Balaban J connectivity index is 1.48. The van der Waals surface area contributed by atoms with E-state index in [0.717, 1.165) is 31.4 Å². The minimum Gasteiger partial charge on any atom is -0.494 e. The summed E-state index contributed by atoms with van der Waals surface area (Å²) in [5.74, 6) is 1.45. The predicted molar refractivity (Wildman–Crippen MR) is 99.1 cm³/mol. The van der Waals surface area contributed by atoms with Crippen LogP contribution in [-0.2, 0) is 0 Å². The van der Waals surface area contributed by atoms with Gasteiger partial charge in [-0.3, -0.25) is 4.79 Å². The Morgan fingerprint density at radius 1 is 1.08 bits per heavy atom. The molecular formula is C21H23NO4. The first-order chi connectivity index (χ1) is 12.7. The van der Waals surface area contributed by atoms with Crippen molar-refractivity contribution < 1.29 is 19.0 Å². The number of rotatable bonds is 4. The number of nitrogens with one attached hydrogen (secondary N) is 1. The van der Waals surface area contributed by atoms with Gasteiger partial charge < -0.3 is 19.5 Å². The number of ether oxygens (including phenoxy) is 3. The van der Waals surface area contributed by atoms with Crippen LogP contribution in [0.1, 0.15) is 49.4 Å². The zero-order valence-electron chi connectivity index (χ0n) is 14.9. The van der Waals surface area contributed by atoms with Gasteiger partial charge in [0.25, 0.3) is 11.7 Å². The fourth-order valence-electron chi connectivity index (χ4n) is 3.56. The van der Waals surface area contributed by atoms with Gasteiger partial charge in [-0.25, -0.2) is 0 Å². The van der Waals surface area contributed by atoms with E-state index >= 15 is 0 Å². The summed E-state index contributed by atoms with van der Waals surface area (Å²) in [6.07, 6.45) is 5.29. The number of fused-ring (bicyclic) bond motifs is 1. The van der Waals surface area contributed by atoms with E-state index in [1.165, 1.54) is 6.42 Å². The maximum Gasteiger partial charge on any atom is 0.255 e. The van der Waals surface area contributed by atoms with Gasteiger partial charge in [-0.05, 0) is 50.1 Å². The molecule has 4 rings (SSSR count). The highest BCUT2D eigenvalue weighted by atomic mass is 16.7. The van der Waals surface area contributed by atoms with Crippen LogP contribution in [0.5, 0.6) is 17.2 Å². The molecule has 0 aromatic heterocycles. The van der Waals surface area contributed by atoms with E-state index in [0.29, 0.717) is 29.4 Å². The molecule has 1 saturated carbocycles. The van der Waals surface area contributed by atoms with Crippen molar-refractivity contribution in [3.63, 3.8) is 0 Å². The van der Waals surface area contributed by atoms with Crippen molar-refractivity contribution in [2.24, 2.45) is 0 Å². The first kappa shape index (κ1) is 16.8. The average molecular weight is 353 g/mol. The molecule has 5 heteroatoms. The SMILES string of the molecule is CCOc1cccc(C(=O)Nc2ccc3c(c2)OC2(CCCCC2)O3)c1. The topological polar surface area (TPSA) is 56.8 Å². The summed E-state index contributed by atoms with van der Waals surface area (Å²) in [5, 5.41) is 2.92. The highest BCUT2D eigenvalue weighted by Gasteiger charge is 2.42. The zero-order chi connectivity index (χ0) is 18.0. The molecule has 2 aliphatic rings. The number of hydrogen-bond donors (Lipinski definition) is 1. The Hall–Kier alpha value is -2.69. The van der Waals surface area contributed by atoms with Crippen molar-refractivity contribution in [1.82, 2.24) is 0 Å². The Kier molecular flexibility index (Phi) is 4.45. The maximum absolute atomic E-state index is 12.5. The summed E-state index contributed by atoms with van der Waals surface area (Å²) in [4.78, 5) is 12.5. The highest BCUT2D eigenvalue weighted by molar-refractivity contribution is 6.04. The molecule has 1 spiro atoms. The number of hydrogen-bond acceptors (Lipinski definition) is 4. The number of carbonyl (C=O) groups is 1. The summed E-state index contributed by atoms with van der Waals surface area (Å²) < 4.78 is 17.6. The number of anilines is 1. The Bertz CT molecular complexity index is 811. The predicted octanol–water partition coefficient (Wildman–Crippen LogP) is 4.77. The van der Waals surface area contributed by atoms with Gasteiger partial charge in [-0.1, -0.05) is 12.5 Å². The number of amides is 1. The molecule has 2 aromatic carbocycles. The lowest BCUT2D eigenvalue weighted by Gasteiger charge is -2.31. The fourth-order valence-corrected chi connectivity index (χ4v) is 3.56. The van der Waals surface area contributed by atoms with E-state index in [4.69, 9.17) is 14.2 Å². The van der Waals surface area contributed by atoms with Crippen LogP contribution in [0.4, 0.5) is 5.69 Å². The quantitative estimate of drug-likeness (QED) is 0.860. The Morgan fingerprint density at radius 3 is 2.69 bits per heavy atom. The molecule has 0 bridgehead atoms. The molecule has 5 nitrogen and oxygen atoms in total. The van der Waals surface area contributed by atoms with E-state index in [2.05, 4.69) is 5.32 Å². The zero-order valence-corrected chi connectivity index (χ0v) is 14.9. The van der Waals surface area contributed by atoms with Crippen LogP contribution in [-0.4, -0.2) is 18.3 Å².